The van der Waals surface area contributed by atoms with Crippen molar-refractivity contribution in [2.24, 2.45) is 5.10 Å². The van der Waals surface area contributed by atoms with Gasteiger partial charge in [-0.3, -0.25) is 14.6 Å². The van der Waals surface area contributed by atoms with Crippen LogP contribution in [0.3, 0.4) is 0 Å². The molecule has 1 N–H and O–H groups in total. The van der Waals surface area contributed by atoms with E-state index in [1.165, 1.54) is 21.0 Å². The fourth-order valence-electron chi connectivity index (χ4n) is 4.02. The first-order valence-corrected chi connectivity index (χ1v) is 12.3. The third kappa shape index (κ3) is 4.19. The monoisotopic (exact) mass is 478 g/mol. The van der Waals surface area contributed by atoms with Crippen molar-refractivity contribution < 1.29 is 4.79 Å². The zero-order valence-electron chi connectivity index (χ0n) is 18.0. The molecule has 8 nitrogen and oxygen atoms in total. The lowest BCUT2D eigenvalue weighted by molar-refractivity contribution is -0.128. The Labute approximate surface area is 197 Å². The molecule has 0 bridgehead atoms. The molecule has 1 aliphatic heterocycles. The number of para-hydroxylation sites is 1. The van der Waals surface area contributed by atoms with E-state index in [-0.39, 0.29) is 17.4 Å². The Morgan fingerprint density at radius 1 is 1.24 bits per heavy atom. The summed E-state index contributed by atoms with van der Waals surface area (Å²) in [5.41, 5.74) is 1.88. The Kier molecular flexibility index (Phi) is 5.77. The number of anilines is 1. The minimum Gasteiger partial charge on any atom is -0.339 e. The number of hydrogen-bond acceptors (Lipinski definition) is 8. The largest absolute Gasteiger partial charge is 0.339 e. The van der Waals surface area contributed by atoms with Crippen molar-refractivity contribution in [3.8, 4) is 0 Å². The zero-order chi connectivity index (χ0) is 22.9. The van der Waals surface area contributed by atoms with Crippen LogP contribution < -0.4 is 10.6 Å². The van der Waals surface area contributed by atoms with Gasteiger partial charge in [-0.15, -0.1) is 22.7 Å². The first-order chi connectivity index (χ1) is 16.0. The maximum absolute atomic E-state index is 13.1. The van der Waals surface area contributed by atoms with Crippen LogP contribution in [0, 0.1) is 0 Å². The molecule has 4 heterocycles. The van der Waals surface area contributed by atoms with Crippen LogP contribution in [0.25, 0.3) is 20.4 Å². The highest BCUT2D eigenvalue weighted by Crippen LogP contribution is 2.34. The Hall–Kier alpha value is -3.37. The quantitative estimate of drug-likeness (QED) is 0.262. The number of nitrogens with zero attached hydrogens (tertiary/aromatic N) is 5. The summed E-state index contributed by atoms with van der Waals surface area (Å²) in [6.45, 7) is 6.64. The molecule has 4 aromatic rings. The van der Waals surface area contributed by atoms with Crippen molar-refractivity contribution in [3.05, 3.63) is 62.8 Å². The molecular weight excluding hydrogens is 456 g/mol. The van der Waals surface area contributed by atoms with E-state index in [1.54, 1.807) is 30.5 Å². The van der Waals surface area contributed by atoms with Crippen LogP contribution in [0.15, 0.2) is 57.4 Å². The second-order valence-corrected chi connectivity index (χ2v) is 9.89. The number of thiophene rings is 1. The number of carbonyl (C=O) groups excluding carboxylic acids is 1. The van der Waals surface area contributed by atoms with Gasteiger partial charge in [0.05, 0.1) is 20.7 Å². The molecule has 0 spiro atoms. The second-order valence-electron chi connectivity index (χ2n) is 7.91. The van der Waals surface area contributed by atoms with Gasteiger partial charge in [0.25, 0.3) is 11.5 Å². The van der Waals surface area contributed by atoms with E-state index >= 15 is 0 Å². The van der Waals surface area contributed by atoms with Gasteiger partial charge in [-0.25, -0.2) is 15.0 Å². The number of amides is 1. The second kappa shape index (κ2) is 8.87. The van der Waals surface area contributed by atoms with E-state index in [4.69, 9.17) is 4.98 Å². The van der Waals surface area contributed by atoms with E-state index < -0.39 is 0 Å². The van der Waals surface area contributed by atoms with Crippen molar-refractivity contribution in [1.29, 1.82) is 0 Å². The molecule has 168 valence electrons. The number of aromatic amines is 1. The number of likely N-dealkylation sites (tertiary alicyclic amines) is 1. The Morgan fingerprint density at radius 2 is 2.03 bits per heavy atom. The lowest BCUT2D eigenvalue weighted by Gasteiger charge is -2.31. The standard InChI is InChI=1S/C23H22N6O2S2/c1-14(13-29(24-2)23-26-17-9-12-32-19(17)20(30)27-23)22(31)28-10-7-15(8-11-28)21-25-16-5-3-4-6-18(16)33-21/h3-6,9,12-13,15H,2,7-8,10-11H2,1H3,(H,26,27,30)/b14-13+. The van der Waals surface area contributed by atoms with Gasteiger partial charge in [0.1, 0.15) is 4.70 Å². The summed E-state index contributed by atoms with van der Waals surface area (Å²) < 4.78 is 1.75. The van der Waals surface area contributed by atoms with E-state index in [1.807, 2.05) is 28.5 Å². The summed E-state index contributed by atoms with van der Waals surface area (Å²) in [5, 5.41) is 8.22. The molecule has 33 heavy (non-hydrogen) atoms. The van der Waals surface area contributed by atoms with E-state index in [9.17, 15) is 9.59 Å². The van der Waals surface area contributed by atoms with Gasteiger partial charge < -0.3 is 4.90 Å². The first kappa shape index (κ1) is 21.5. The molecular formula is C23H22N6O2S2. The molecule has 1 saturated heterocycles. The predicted octanol–water partition coefficient (Wildman–Crippen LogP) is 4.33. The van der Waals surface area contributed by atoms with Gasteiger partial charge in [0.2, 0.25) is 5.95 Å². The summed E-state index contributed by atoms with van der Waals surface area (Å²) >= 11 is 3.07. The number of rotatable bonds is 5. The van der Waals surface area contributed by atoms with Gasteiger partial charge in [0, 0.05) is 37.5 Å². The Balaban J connectivity index is 1.28. The number of H-pyrrole nitrogens is 1. The van der Waals surface area contributed by atoms with Crippen molar-refractivity contribution in [2.75, 3.05) is 18.1 Å². The minimum absolute atomic E-state index is 0.0645. The van der Waals surface area contributed by atoms with Crippen LogP contribution in [0.1, 0.15) is 30.7 Å². The zero-order valence-corrected chi connectivity index (χ0v) is 19.7. The van der Waals surface area contributed by atoms with Crippen molar-refractivity contribution in [3.63, 3.8) is 0 Å². The van der Waals surface area contributed by atoms with E-state index in [0.29, 0.717) is 34.8 Å². The third-order valence-electron chi connectivity index (χ3n) is 5.77. The number of hydrogen-bond donors (Lipinski definition) is 1. The van der Waals surface area contributed by atoms with Gasteiger partial charge in [-0.1, -0.05) is 12.1 Å². The lowest BCUT2D eigenvalue weighted by Crippen LogP contribution is -2.38. The molecule has 5 rings (SSSR count). The van der Waals surface area contributed by atoms with Gasteiger partial charge in [-0.2, -0.15) is 5.10 Å². The molecule has 0 unspecified atom stereocenters. The average Bonchev–Trinajstić information content (AvgIpc) is 3.49. The van der Waals surface area contributed by atoms with Crippen LogP contribution in [-0.4, -0.2) is 45.6 Å². The van der Waals surface area contributed by atoms with Crippen molar-refractivity contribution in [2.45, 2.75) is 25.7 Å². The molecule has 0 atom stereocenters. The molecule has 1 fully saturated rings. The molecule has 1 amide bonds. The molecule has 0 aliphatic carbocycles. The predicted molar refractivity (Wildman–Crippen MR) is 134 cm³/mol. The van der Waals surface area contributed by atoms with Crippen molar-refractivity contribution in [1.82, 2.24) is 19.9 Å². The summed E-state index contributed by atoms with van der Waals surface area (Å²) in [5.74, 6) is 0.529. The molecule has 10 heteroatoms. The highest BCUT2D eigenvalue weighted by atomic mass is 32.1. The van der Waals surface area contributed by atoms with E-state index in [2.05, 4.69) is 27.9 Å². The van der Waals surface area contributed by atoms with Crippen LogP contribution in [0.4, 0.5) is 5.95 Å². The summed E-state index contributed by atoms with van der Waals surface area (Å²) in [7, 11) is 0. The Bertz CT molecular complexity index is 1390. The first-order valence-electron chi connectivity index (χ1n) is 10.6. The highest BCUT2D eigenvalue weighted by Gasteiger charge is 2.27. The number of benzene rings is 1. The molecule has 1 aromatic carbocycles. The van der Waals surface area contributed by atoms with E-state index in [0.717, 1.165) is 23.4 Å². The summed E-state index contributed by atoms with van der Waals surface area (Å²) in [4.78, 5) is 39.1. The van der Waals surface area contributed by atoms with Gasteiger partial charge in [-0.05, 0) is 43.3 Å². The number of carbonyl (C=O) groups is 1. The molecule has 0 radical (unpaired) electrons. The number of nitrogens with one attached hydrogen (secondary N) is 1. The number of fused-ring (bicyclic) bond motifs is 2. The molecule has 0 saturated carbocycles. The normalized spacial score (nSPS) is 15.3. The van der Waals surface area contributed by atoms with Crippen LogP contribution in [-0.2, 0) is 4.79 Å². The summed E-state index contributed by atoms with van der Waals surface area (Å²) in [6.07, 6.45) is 3.32. The smallest absolute Gasteiger partial charge is 0.270 e. The highest BCUT2D eigenvalue weighted by molar-refractivity contribution is 7.18. The molecule has 1 aliphatic rings. The third-order valence-corrected chi connectivity index (χ3v) is 7.87. The van der Waals surface area contributed by atoms with Gasteiger partial charge >= 0.3 is 0 Å². The average molecular weight is 479 g/mol. The number of aromatic nitrogens is 3. The molecule has 3 aromatic heterocycles. The fourth-order valence-corrected chi connectivity index (χ4v) is 5.88. The number of piperidine rings is 1. The number of thiazole rings is 1. The maximum Gasteiger partial charge on any atom is 0.270 e. The minimum atomic E-state index is -0.243. The topological polar surface area (TPSA) is 94.6 Å². The van der Waals surface area contributed by atoms with Crippen LogP contribution >= 0.6 is 22.7 Å². The van der Waals surface area contributed by atoms with Gasteiger partial charge in [0.15, 0.2) is 0 Å². The summed E-state index contributed by atoms with van der Waals surface area (Å²) in [6, 6.07) is 9.96. The SMILES string of the molecule is C=NN(/C=C(\C)C(=O)N1CCC(c2nc3ccccc3s2)CC1)c1nc2ccsc2c(=O)[nH]1. The van der Waals surface area contributed by atoms with Crippen molar-refractivity contribution >= 4 is 61.7 Å². The maximum atomic E-state index is 13.1. The fraction of sp³-hybridized carbons (Fsp3) is 0.261. The Morgan fingerprint density at radius 3 is 2.79 bits per heavy atom. The lowest BCUT2D eigenvalue weighted by atomic mass is 9.97. The van der Waals surface area contributed by atoms with Crippen LogP contribution in [0.5, 0.6) is 0 Å². The van der Waals surface area contributed by atoms with Crippen LogP contribution in [0.2, 0.25) is 0 Å². The number of hydrazone groups is 1.